The maximum atomic E-state index is 13.7. The van der Waals surface area contributed by atoms with Gasteiger partial charge in [0.15, 0.2) is 0 Å². The first kappa shape index (κ1) is 15.6. The number of amides is 1. The van der Waals surface area contributed by atoms with Crippen LogP contribution in [0.5, 0.6) is 0 Å². The van der Waals surface area contributed by atoms with Crippen LogP contribution in [0.3, 0.4) is 0 Å². The van der Waals surface area contributed by atoms with Crippen LogP contribution in [0.2, 0.25) is 0 Å². The van der Waals surface area contributed by atoms with Crippen LogP contribution >= 0.6 is 15.9 Å². The number of rotatable bonds is 3. The van der Waals surface area contributed by atoms with E-state index in [-0.39, 0.29) is 12.1 Å². The van der Waals surface area contributed by atoms with Crippen molar-refractivity contribution >= 4 is 33.2 Å². The predicted molar refractivity (Wildman–Crippen MR) is 85.2 cm³/mol. The Balaban J connectivity index is 1.67. The van der Waals surface area contributed by atoms with Crippen LogP contribution < -0.4 is 5.32 Å². The van der Waals surface area contributed by atoms with Crippen molar-refractivity contribution in [2.24, 2.45) is 5.16 Å². The van der Waals surface area contributed by atoms with Crippen molar-refractivity contribution in [3.05, 3.63) is 64.1 Å². The van der Waals surface area contributed by atoms with Crippen molar-refractivity contribution in [2.45, 2.75) is 12.5 Å². The van der Waals surface area contributed by atoms with Crippen molar-refractivity contribution in [1.29, 1.82) is 0 Å². The van der Waals surface area contributed by atoms with Gasteiger partial charge in [0.05, 0.1) is 11.4 Å². The summed E-state index contributed by atoms with van der Waals surface area (Å²) >= 11 is 3.14. The molecule has 0 aliphatic carbocycles. The Hall–Kier alpha value is -2.28. The van der Waals surface area contributed by atoms with Crippen LogP contribution in [0, 0.1) is 11.6 Å². The summed E-state index contributed by atoms with van der Waals surface area (Å²) in [6.45, 7) is 0. The molecule has 2 aromatic rings. The van der Waals surface area contributed by atoms with Gasteiger partial charge < -0.3 is 10.2 Å². The van der Waals surface area contributed by atoms with E-state index in [0.717, 1.165) is 0 Å². The fourth-order valence-electron chi connectivity index (χ4n) is 2.16. The molecule has 23 heavy (non-hydrogen) atoms. The summed E-state index contributed by atoms with van der Waals surface area (Å²) in [5, 5.41) is 6.27. The monoisotopic (exact) mass is 380 g/mol. The van der Waals surface area contributed by atoms with Crippen LogP contribution in [-0.2, 0) is 9.63 Å². The lowest BCUT2D eigenvalue weighted by atomic mass is 10.0. The predicted octanol–water partition coefficient (Wildman–Crippen LogP) is 3.86. The van der Waals surface area contributed by atoms with Crippen molar-refractivity contribution in [3.63, 3.8) is 0 Å². The maximum Gasteiger partial charge on any atom is 0.268 e. The number of carbonyl (C=O) groups excluding carboxylic acids is 1. The normalized spacial score (nSPS) is 16.7. The number of hydrogen-bond donors (Lipinski definition) is 1. The average Bonchev–Trinajstić information content (AvgIpc) is 3.00. The molecule has 3 rings (SSSR count). The molecule has 0 bridgehead atoms. The maximum absolute atomic E-state index is 13.7. The zero-order chi connectivity index (χ0) is 16.4. The van der Waals surface area contributed by atoms with Crippen molar-refractivity contribution in [2.75, 3.05) is 5.32 Å². The average molecular weight is 381 g/mol. The van der Waals surface area contributed by atoms with E-state index in [1.165, 1.54) is 24.3 Å². The Labute approximate surface area is 139 Å². The number of nitrogens with zero attached hydrogens (tertiary/aromatic N) is 1. The Morgan fingerprint density at radius 1 is 1.26 bits per heavy atom. The second-order valence-corrected chi connectivity index (χ2v) is 5.88. The van der Waals surface area contributed by atoms with E-state index in [9.17, 15) is 13.6 Å². The van der Waals surface area contributed by atoms with Gasteiger partial charge in [0, 0.05) is 16.5 Å². The first-order chi connectivity index (χ1) is 11.0. The molecule has 0 spiro atoms. The molecule has 0 fully saturated rings. The summed E-state index contributed by atoms with van der Waals surface area (Å²) in [5.74, 6) is -1.46. The number of halogens is 3. The number of benzene rings is 2. The van der Waals surface area contributed by atoms with E-state index in [1.54, 1.807) is 18.2 Å². The molecule has 1 heterocycles. The second-order valence-electron chi connectivity index (χ2n) is 4.96. The molecule has 1 aliphatic heterocycles. The number of carbonyl (C=O) groups is 1. The van der Waals surface area contributed by atoms with Crippen LogP contribution in [-0.4, -0.2) is 17.7 Å². The van der Waals surface area contributed by atoms with Crippen molar-refractivity contribution < 1.29 is 18.4 Å². The van der Waals surface area contributed by atoms with Gasteiger partial charge in [0.25, 0.3) is 5.91 Å². The van der Waals surface area contributed by atoms with E-state index >= 15 is 0 Å². The molecule has 118 valence electrons. The van der Waals surface area contributed by atoms with Gasteiger partial charge in [-0.1, -0.05) is 33.2 Å². The standard InChI is InChI=1S/C16H11BrF2N2O2/c17-10-4-5-13(12(19)7-10)20-16(22)15-8-14(21-23-15)9-2-1-3-11(18)6-9/h1-7,15H,8H2,(H,20,22). The van der Waals surface area contributed by atoms with Crippen LogP contribution in [0.25, 0.3) is 0 Å². The smallest absolute Gasteiger partial charge is 0.268 e. The number of hydrogen-bond acceptors (Lipinski definition) is 3. The quantitative estimate of drug-likeness (QED) is 0.878. The molecule has 0 aromatic heterocycles. The first-order valence-electron chi connectivity index (χ1n) is 6.77. The van der Waals surface area contributed by atoms with Gasteiger partial charge in [-0.3, -0.25) is 4.79 Å². The van der Waals surface area contributed by atoms with Crippen LogP contribution in [0.15, 0.2) is 52.1 Å². The molecule has 1 atom stereocenters. The molecule has 0 saturated heterocycles. The van der Waals surface area contributed by atoms with Crippen LogP contribution in [0.1, 0.15) is 12.0 Å². The fraction of sp³-hybridized carbons (Fsp3) is 0.125. The van der Waals surface area contributed by atoms with E-state index in [1.807, 2.05) is 0 Å². The minimum absolute atomic E-state index is 0.0565. The third kappa shape index (κ3) is 3.56. The third-order valence-electron chi connectivity index (χ3n) is 3.31. The van der Waals surface area contributed by atoms with Gasteiger partial charge >= 0.3 is 0 Å². The summed E-state index contributed by atoms with van der Waals surface area (Å²) < 4.78 is 27.5. The molecular weight excluding hydrogens is 370 g/mol. The van der Waals surface area contributed by atoms with Gasteiger partial charge in [-0.2, -0.15) is 0 Å². The Kier molecular flexibility index (Phi) is 4.38. The second kappa shape index (κ2) is 6.45. The van der Waals surface area contributed by atoms with Crippen molar-refractivity contribution in [3.8, 4) is 0 Å². The minimum Gasteiger partial charge on any atom is -0.382 e. The molecule has 1 N–H and O–H groups in total. The number of oxime groups is 1. The van der Waals surface area contributed by atoms with Gasteiger partial charge in [0.2, 0.25) is 6.10 Å². The summed E-state index contributed by atoms with van der Waals surface area (Å²) in [6.07, 6.45) is -0.690. The van der Waals surface area contributed by atoms with Crippen molar-refractivity contribution in [1.82, 2.24) is 0 Å². The van der Waals surface area contributed by atoms with Gasteiger partial charge in [0.1, 0.15) is 11.6 Å². The molecule has 1 aliphatic rings. The molecule has 1 unspecified atom stereocenters. The molecule has 0 radical (unpaired) electrons. The number of anilines is 1. The van der Waals surface area contributed by atoms with Gasteiger partial charge in [-0.15, -0.1) is 0 Å². The summed E-state index contributed by atoms with van der Waals surface area (Å²) in [5.41, 5.74) is 1.08. The SMILES string of the molecule is O=C(Nc1ccc(Br)cc1F)C1CC(c2cccc(F)c2)=NO1. The summed E-state index contributed by atoms with van der Waals surface area (Å²) in [4.78, 5) is 17.2. The first-order valence-corrected chi connectivity index (χ1v) is 7.57. The number of nitrogens with one attached hydrogen (secondary N) is 1. The Morgan fingerprint density at radius 3 is 2.83 bits per heavy atom. The molecule has 1 amide bonds. The molecule has 4 nitrogen and oxygen atoms in total. The molecule has 0 saturated carbocycles. The summed E-state index contributed by atoms with van der Waals surface area (Å²) in [6, 6.07) is 10.2. The third-order valence-corrected chi connectivity index (χ3v) is 3.80. The van der Waals surface area contributed by atoms with Gasteiger partial charge in [-0.05, 0) is 30.3 Å². The largest absolute Gasteiger partial charge is 0.382 e. The highest BCUT2D eigenvalue weighted by atomic mass is 79.9. The minimum atomic E-state index is -0.878. The molecule has 7 heteroatoms. The lowest BCUT2D eigenvalue weighted by Crippen LogP contribution is -2.28. The molecular formula is C16H11BrF2N2O2. The highest BCUT2D eigenvalue weighted by Crippen LogP contribution is 2.22. The topological polar surface area (TPSA) is 50.7 Å². The van der Waals surface area contributed by atoms with E-state index < -0.39 is 23.6 Å². The molecule has 2 aromatic carbocycles. The van der Waals surface area contributed by atoms with E-state index in [2.05, 4.69) is 26.4 Å². The Morgan fingerprint density at radius 2 is 2.09 bits per heavy atom. The highest BCUT2D eigenvalue weighted by Gasteiger charge is 2.29. The Bertz CT molecular complexity index is 795. The summed E-state index contributed by atoms with van der Waals surface area (Å²) in [7, 11) is 0. The van der Waals surface area contributed by atoms with Gasteiger partial charge in [-0.25, -0.2) is 8.78 Å². The zero-order valence-electron chi connectivity index (χ0n) is 11.7. The lowest BCUT2D eigenvalue weighted by Gasteiger charge is -2.10. The van der Waals surface area contributed by atoms with Crippen LogP contribution in [0.4, 0.5) is 14.5 Å². The van der Waals surface area contributed by atoms with E-state index in [4.69, 9.17) is 4.84 Å². The fourth-order valence-corrected chi connectivity index (χ4v) is 2.49. The van der Waals surface area contributed by atoms with E-state index in [0.29, 0.717) is 15.7 Å². The zero-order valence-corrected chi connectivity index (χ0v) is 13.3. The lowest BCUT2D eigenvalue weighted by molar-refractivity contribution is -0.125. The highest BCUT2D eigenvalue weighted by molar-refractivity contribution is 9.10.